The van der Waals surface area contributed by atoms with Crippen molar-refractivity contribution in [1.82, 2.24) is 10.2 Å². The lowest BCUT2D eigenvalue weighted by atomic mass is 10.1. The number of benzene rings is 1. The van der Waals surface area contributed by atoms with Crippen LogP contribution >= 0.6 is 0 Å². The van der Waals surface area contributed by atoms with Crippen LogP contribution in [0.5, 0.6) is 0 Å². The molecule has 94 valence electrons. The Kier molecular flexibility index (Phi) is 6.10. The number of carboxylic acid groups (broad SMARTS) is 1. The Morgan fingerprint density at radius 1 is 1.29 bits per heavy atom. The first kappa shape index (κ1) is 13.5. The van der Waals surface area contributed by atoms with E-state index in [-0.39, 0.29) is 0 Å². The van der Waals surface area contributed by atoms with E-state index in [4.69, 9.17) is 5.11 Å². The molecule has 4 heteroatoms. The van der Waals surface area contributed by atoms with Gasteiger partial charge in [-0.1, -0.05) is 30.3 Å². The van der Waals surface area contributed by atoms with Crippen LogP contribution in [0.4, 0.5) is 4.79 Å². The summed E-state index contributed by atoms with van der Waals surface area (Å²) < 4.78 is 0. The fourth-order valence-corrected chi connectivity index (χ4v) is 1.62. The van der Waals surface area contributed by atoms with Gasteiger partial charge < -0.3 is 15.3 Å². The largest absolute Gasteiger partial charge is 0.465 e. The van der Waals surface area contributed by atoms with E-state index in [1.807, 2.05) is 18.2 Å². The van der Waals surface area contributed by atoms with Crippen LogP contribution < -0.4 is 5.32 Å². The van der Waals surface area contributed by atoms with Gasteiger partial charge in [0.05, 0.1) is 0 Å². The molecule has 0 unspecified atom stereocenters. The summed E-state index contributed by atoms with van der Waals surface area (Å²) in [5.41, 5.74) is 1.34. The van der Waals surface area contributed by atoms with Crippen molar-refractivity contribution in [3.8, 4) is 0 Å². The third-order valence-electron chi connectivity index (χ3n) is 2.62. The maximum Gasteiger partial charge on any atom is 0.404 e. The minimum atomic E-state index is -0.947. The molecule has 17 heavy (non-hydrogen) atoms. The number of amides is 1. The highest BCUT2D eigenvalue weighted by Crippen LogP contribution is 2.00. The van der Waals surface area contributed by atoms with Gasteiger partial charge in [0.25, 0.3) is 0 Å². The number of likely N-dealkylation sites (N-methyl/N-ethyl adjacent to an activating group) is 1. The van der Waals surface area contributed by atoms with Crippen molar-refractivity contribution in [1.29, 1.82) is 0 Å². The zero-order valence-corrected chi connectivity index (χ0v) is 10.2. The van der Waals surface area contributed by atoms with Crippen molar-refractivity contribution in [2.45, 2.75) is 12.8 Å². The molecule has 0 bridgehead atoms. The monoisotopic (exact) mass is 236 g/mol. The molecule has 0 saturated carbocycles. The summed E-state index contributed by atoms with van der Waals surface area (Å²) in [6.07, 6.45) is 0.929. The lowest BCUT2D eigenvalue weighted by Gasteiger charge is -2.16. The molecule has 1 rings (SSSR count). The normalized spacial score (nSPS) is 10.5. The van der Waals surface area contributed by atoms with Crippen LogP contribution in [0.25, 0.3) is 0 Å². The maximum atomic E-state index is 10.2. The molecule has 0 spiro atoms. The lowest BCUT2D eigenvalue weighted by Crippen LogP contribution is -2.28. The summed E-state index contributed by atoms with van der Waals surface area (Å²) in [6, 6.07) is 10.4. The van der Waals surface area contributed by atoms with Gasteiger partial charge in [0, 0.05) is 13.1 Å². The highest BCUT2D eigenvalue weighted by Gasteiger charge is 2.00. The minimum Gasteiger partial charge on any atom is -0.465 e. The summed E-state index contributed by atoms with van der Waals surface area (Å²) in [7, 11) is 2.06. The predicted molar refractivity (Wildman–Crippen MR) is 68.3 cm³/mol. The van der Waals surface area contributed by atoms with Gasteiger partial charge in [0.1, 0.15) is 0 Å². The molecule has 1 aromatic rings. The number of rotatable bonds is 7. The third kappa shape index (κ3) is 6.58. The van der Waals surface area contributed by atoms with Crippen LogP contribution in [0.2, 0.25) is 0 Å². The molecule has 0 aliphatic heterocycles. The summed E-state index contributed by atoms with van der Waals surface area (Å²) in [6.45, 7) is 2.43. The molecule has 1 aromatic carbocycles. The fourth-order valence-electron chi connectivity index (χ4n) is 1.62. The first-order chi connectivity index (χ1) is 8.18. The third-order valence-corrected chi connectivity index (χ3v) is 2.62. The van der Waals surface area contributed by atoms with Crippen molar-refractivity contribution in [2.24, 2.45) is 0 Å². The highest BCUT2D eigenvalue weighted by molar-refractivity contribution is 5.64. The Bertz CT molecular complexity index is 327. The molecule has 2 N–H and O–H groups in total. The van der Waals surface area contributed by atoms with E-state index in [1.165, 1.54) is 5.56 Å². The number of nitrogens with zero attached hydrogens (tertiary/aromatic N) is 1. The van der Waals surface area contributed by atoms with Crippen molar-refractivity contribution >= 4 is 6.09 Å². The van der Waals surface area contributed by atoms with Crippen LogP contribution in [0.3, 0.4) is 0 Å². The molecular weight excluding hydrogens is 216 g/mol. The Balaban J connectivity index is 2.09. The molecule has 0 aliphatic rings. The van der Waals surface area contributed by atoms with Gasteiger partial charge in [-0.3, -0.25) is 0 Å². The molecular formula is C13H20N2O2. The molecule has 0 radical (unpaired) electrons. The SMILES string of the molecule is CN(CCCNC(=O)O)CCc1ccccc1. The second-order valence-corrected chi connectivity index (χ2v) is 4.12. The average molecular weight is 236 g/mol. The average Bonchev–Trinajstić information content (AvgIpc) is 2.33. The van der Waals surface area contributed by atoms with E-state index in [0.29, 0.717) is 6.54 Å². The molecule has 0 atom stereocenters. The minimum absolute atomic E-state index is 0.519. The number of hydrogen-bond acceptors (Lipinski definition) is 2. The van der Waals surface area contributed by atoms with E-state index in [9.17, 15) is 4.79 Å². The number of nitrogens with one attached hydrogen (secondary N) is 1. The Morgan fingerprint density at radius 2 is 2.00 bits per heavy atom. The van der Waals surface area contributed by atoms with Crippen LogP contribution in [0, 0.1) is 0 Å². The topological polar surface area (TPSA) is 52.6 Å². The van der Waals surface area contributed by atoms with E-state index in [1.54, 1.807) is 0 Å². The summed E-state index contributed by atoms with van der Waals surface area (Å²) >= 11 is 0. The van der Waals surface area contributed by atoms with Gasteiger partial charge in [0.2, 0.25) is 0 Å². The van der Waals surface area contributed by atoms with Crippen molar-refractivity contribution in [3.63, 3.8) is 0 Å². The quantitative estimate of drug-likeness (QED) is 0.710. The van der Waals surface area contributed by atoms with Gasteiger partial charge in [-0.2, -0.15) is 0 Å². The summed E-state index contributed by atoms with van der Waals surface area (Å²) in [5, 5.41) is 10.8. The van der Waals surface area contributed by atoms with Crippen LogP contribution in [-0.2, 0) is 6.42 Å². The molecule has 0 heterocycles. The Morgan fingerprint density at radius 3 is 2.65 bits per heavy atom. The standard InChI is InChI=1S/C13H20N2O2/c1-15(10-5-9-14-13(16)17)11-8-12-6-3-2-4-7-12/h2-4,6-7,14H,5,8-11H2,1H3,(H,16,17). The van der Waals surface area contributed by atoms with Crippen molar-refractivity contribution < 1.29 is 9.90 Å². The van der Waals surface area contributed by atoms with Gasteiger partial charge in [-0.05, 0) is 32.0 Å². The van der Waals surface area contributed by atoms with Crippen LogP contribution in [0.1, 0.15) is 12.0 Å². The lowest BCUT2D eigenvalue weighted by molar-refractivity contribution is 0.193. The molecule has 0 aromatic heterocycles. The van der Waals surface area contributed by atoms with E-state index in [0.717, 1.165) is 25.9 Å². The Labute approximate surface area is 102 Å². The second-order valence-electron chi connectivity index (χ2n) is 4.12. The molecule has 0 fully saturated rings. The predicted octanol–water partition coefficient (Wildman–Crippen LogP) is 1.82. The smallest absolute Gasteiger partial charge is 0.404 e. The van der Waals surface area contributed by atoms with Gasteiger partial charge >= 0.3 is 6.09 Å². The summed E-state index contributed by atoms with van der Waals surface area (Å²) in [4.78, 5) is 12.4. The first-order valence-electron chi connectivity index (χ1n) is 5.88. The highest BCUT2D eigenvalue weighted by atomic mass is 16.4. The van der Waals surface area contributed by atoms with Crippen molar-refractivity contribution in [3.05, 3.63) is 35.9 Å². The summed E-state index contributed by atoms with van der Waals surface area (Å²) in [5.74, 6) is 0. The van der Waals surface area contributed by atoms with E-state index in [2.05, 4.69) is 29.4 Å². The zero-order chi connectivity index (χ0) is 12.5. The molecule has 1 amide bonds. The number of hydrogen-bond donors (Lipinski definition) is 2. The first-order valence-corrected chi connectivity index (χ1v) is 5.88. The zero-order valence-electron chi connectivity index (χ0n) is 10.2. The van der Waals surface area contributed by atoms with Crippen molar-refractivity contribution in [2.75, 3.05) is 26.7 Å². The van der Waals surface area contributed by atoms with Crippen LogP contribution in [0.15, 0.2) is 30.3 Å². The van der Waals surface area contributed by atoms with Gasteiger partial charge in [0.15, 0.2) is 0 Å². The molecule has 4 nitrogen and oxygen atoms in total. The molecule has 0 saturated heterocycles. The maximum absolute atomic E-state index is 10.2. The van der Waals surface area contributed by atoms with Gasteiger partial charge in [-0.15, -0.1) is 0 Å². The molecule has 0 aliphatic carbocycles. The second kappa shape index (κ2) is 7.68. The Hall–Kier alpha value is -1.55. The van der Waals surface area contributed by atoms with E-state index < -0.39 is 6.09 Å². The van der Waals surface area contributed by atoms with Gasteiger partial charge in [-0.25, -0.2) is 4.79 Å². The van der Waals surface area contributed by atoms with E-state index >= 15 is 0 Å². The fraction of sp³-hybridized carbons (Fsp3) is 0.462. The number of carbonyl (C=O) groups is 1. The van der Waals surface area contributed by atoms with Crippen LogP contribution in [-0.4, -0.2) is 42.8 Å².